The van der Waals surface area contributed by atoms with E-state index in [0.717, 1.165) is 17.2 Å². The summed E-state index contributed by atoms with van der Waals surface area (Å²) in [5, 5.41) is 0. The van der Waals surface area contributed by atoms with Crippen LogP contribution in [0.25, 0.3) is 0 Å². The van der Waals surface area contributed by atoms with Crippen molar-refractivity contribution >= 4 is 17.7 Å². The second kappa shape index (κ2) is 7.19. The molecule has 0 bridgehead atoms. The van der Waals surface area contributed by atoms with E-state index in [0.29, 0.717) is 10.6 Å². The zero-order chi connectivity index (χ0) is 15.2. The maximum absolute atomic E-state index is 13.1. The summed E-state index contributed by atoms with van der Waals surface area (Å²) in [6.07, 6.45) is 0.229. The minimum absolute atomic E-state index is 0.229. The molecule has 2 aromatic rings. The maximum atomic E-state index is 13.1. The average molecular weight is 308 g/mol. The Morgan fingerprint density at radius 2 is 1.71 bits per heavy atom. The van der Waals surface area contributed by atoms with Crippen LogP contribution < -0.4 is 11.3 Å². The molecule has 1 amide bonds. The van der Waals surface area contributed by atoms with Gasteiger partial charge in [0.1, 0.15) is 0 Å². The number of hydrogen-bond donors (Lipinski definition) is 2. The van der Waals surface area contributed by atoms with E-state index in [9.17, 15) is 13.6 Å². The van der Waals surface area contributed by atoms with E-state index >= 15 is 0 Å². The summed E-state index contributed by atoms with van der Waals surface area (Å²) in [4.78, 5) is 11.8. The lowest BCUT2D eigenvalue weighted by Crippen LogP contribution is -2.31. The maximum Gasteiger partial charge on any atom is 0.238 e. The number of hydrogen-bond acceptors (Lipinski definition) is 3. The van der Waals surface area contributed by atoms with Crippen LogP contribution in [0.2, 0.25) is 0 Å². The van der Waals surface area contributed by atoms with Crippen molar-refractivity contribution in [3.8, 4) is 0 Å². The van der Waals surface area contributed by atoms with Gasteiger partial charge in [0.15, 0.2) is 11.6 Å². The van der Waals surface area contributed by atoms with Gasteiger partial charge in [0.25, 0.3) is 0 Å². The largest absolute Gasteiger partial charge is 0.294 e. The highest BCUT2D eigenvalue weighted by atomic mass is 32.2. The van der Waals surface area contributed by atoms with Gasteiger partial charge in [-0.05, 0) is 29.3 Å². The molecule has 0 aromatic heterocycles. The Morgan fingerprint density at radius 3 is 2.33 bits per heavy atom. The van der Waals surface area contributed by atoms with Gasteiger partial charge in [0, 0.05) is 10.6 Å². The SMILES string of the molecule is NNC(=O)Cc1ccc(CSc2ccc(F)c(F)c2)cc1. The minimum Gasteiger partial charge on any atom is -0.294 e. The van der Waals surface area contributed by atoms with Gasteiger partial charge in [0.2, 0.25) is 5.91 Å². The van der Waals surface area contributed by atoms with Crippen molar-refractivity contribution in [2.45, 2.75) is 17.1 Å². The number of nitrogens with two attached hydrogens (primary N) is 1. The molecule has 3 nitrogen and oxygen atoms in total. The summed E-state index contributed by atoms with van der Waals surface area (Å²) in [7, 11) is 0. The predicted octanol–water partition coefficient (Wildman–Crippen LogP) is 2.79. The summed E-state index contributed by atoms with van der Waals surface area (Å²) in [5.41, 5.74) is 3.97. The van der Waals surface area contributed by atoms with Crippen LogP contribution in [0.15, 0.2) is 47.4 Å². The molecular weight excluding hydrogens is 294 g/mol. The molecule has 6 heteroatoms. The van der Waals surface area contributed by atoms with Crippen LogP contribution in [0.1, 0.15) is 11.1 Å². The van der Waals surface area contributed by atoms with E-state index in [1.807, 2.05) is 24.3 Å². The normalized spacial score (nSPS) is 10.4. The van der Waals surface area contributed by atoms with Crippen LogP contribution in [0.5, 0.6) is 0 Å². The number of thioether (sulfide) groups is 1. The Kier molecular flexibility index (Phi) is 5.30. The number of nitrogens with one attached hydrogen (secondary N) is 1. The first-order chi connectivity index (χ1) is 10.1. The Labute approximate surface area is 125 Å². The fourth-order valence-electron chi connectivity index (χ4n) is 1.72. The molecule has 0 radical (unpaired) electrons. The Balaban J connectivity index is 1.94. The van der Waals surface area contributed by atoms with Crippen molar-refractivity contribution in [1.29, 1.82) is 0 Å². The van der Waals surface area contributed by atoms with E-state index in [2.05, 4.69) is 5.43 Å². The first kappa shape index (κ1) is 15.5. The molecule has 0 unspecified atom stereocenters. The lowest BCUT2D eigenvalue weighted by atomic mass is 10.1. The molecule has 3 N–H and O–H groups in total. The van der Waals surface area contributed by atoms with Gasteiger partial charge in [-0.3, -0.25) is 10.2 Å². The highest BCUT2D eigenvalue weighted by Crippen LogP contribution is 2.24. The summed E-state index contributed by atoms with van der Waals surface area (Å²) in [6.45, 7) is 0. The average Bonchev–Trinajstić information content (AvgIpc) is 2.50. The van der Waals surface area contributed by atoms with Crippen LogP contribution in [0.4, 0.5) is 8.78 Å². The molecule has 0 saturated heterocycles. The summed E-state index contributed by atoms with van der Waals surface area (Å²) in [6, 6.07) is 11.3. The first-order valence-corrected chi connectivity index (χ1v) is 7.22. The van der Waals surface area contributed by atoms with Crippen LogP contribution in [0, 0.1) is 11.6 Å². The zero-order valence-corrected chi connectivity index (χ0v) is 11.9. The number of halogens is 2. The molecule has 0 heterocycles. The van der Waals surface area contributed by atoms with Crippen molar-refractivity contribution in [3.63, 3.8) is 0 Å². The molecule has 0 spiro atoms. The fraction of sp³-hybridized carbons (Fsp3) is 0.133. The fourth-order valence-corrected chi connectivity index (χ4v) is 2.60. The number of benzene rings is 2. The van der Waals surface area contributed by atoms with Crippen LogP contribution >= 0.6 is 11.8 Å². The Bertz CT molecular complexity index is 632. The van der Waals surface area contributed by atoms with E-state index < -0.39 is 11.6 Å². The highest BCUT2D eigenvalue weighted by Gasteiger charge is 2.04. The lowest BCUT2D eigenvalue weighted by Gasteiger charge is -2.05. The smallest absolute Gasteiger partial charge is 0.238 e. The quantitative estimate of drug-likeness (QED) is 0.386. The van der Waals surface area contributed by atoms with Gasteiger partial charge in [-0.25, -0.2) is 14.6 Å². The van der Waals surface area contributed by atoms with Crippen LogP contribution in [0.3, 0.4) is 0 Å². The number of carbonyl (C=O) groups excluding carboxylic acids is 1. The van der Waals surface area contributed by atoms with E-state index in [1.54, 1.807) is 6.07 Å². The molecule has 0 aliphatic heterocycles. The third-order valence-corrected chi connectivity index (χ3v) is 3.91. The van der Waals surface area contributed by atoms with Crippen molar-refractivity contribution in [2.75, 3.05) is 0 Å². The number of hydrazine groups is 1. The summed E-state index contributed by atoms with van der Waals surface area (Å²) in [5.74, 6) is 3.72. The molecule has 0 atom stereocenters. The molecule has 0 saturated carbocycles. The number of carbonyl (C=O) groups is 1. The lowest BCUT2D eigenvalue weighted by molar-refractivity contribution is -0.120. The van der Waals surface area contributed by atoms with E-state index in [1.165, 1.54) is 17.8 Å². The highest BCUT2D eigenvalue weighted by molar-refractivity contribution is 7.98. The number of rotatable bonds is 5. The molecule has 0 aliphatic carbocycles. The Morgan fingerprint density at radius 1 is 1.05 bits per heavy atom. The number of amides is 1. The van der Waals surface area contributed by atoms with Gasteiger partial charge in [-0.2, -0.15) is 0 Å². The predicted molar refractivity (Wildman–Crippen MR) is 78.4 cm³/mol. The van der Waals surface area contributed by atoms with E-state index in [4.69, 9.17) is 5.84 Å². The first-order valence-electron chi connectivity index (χ1n) is 6.23. The van der Waals surface area contributed by atoms with Crippen molar-refractivity contribution in [1.82, 2.24) is 5.43 Å². The molecule has 0 fully saturated rings. The van der Waals surface area contributed by atoms with Crippen molar-refractivity contribution < 1.29 is 13.6 Å². The molecule has 2 aromatic carbocycles. The molecule has 2 rings (SSSR count). The van der Waals surface area contributed by atoms with Crippen LogP contribution in [-0.2, 0) is 17.0 Å². The van der Waals surface area contributed by atoms with Crippen LogP contribution in [-0.4, -0.2) is 5.91 Å². The topological polar surface area (TPSA) is 55.1 Å². The molecular formula is C15H14F2N2OS. The monoisotopic (exact) mass is 308 g/mol. The second-order valence-electron chi connectivity index (χ2n) is 4.43. The molecule has 110 valence electrons. The van der Waals surface area contributed by atoms with E-state index in [-0.39, 0.29) is 12.3 Å². The summed E-state index contributed by atoms with van der Waals surface area (Å²) < 4.78 is 25.9. The van der Waals surface area contributed by atoms with Crippen molar-refractivity contribution in [2.24, 2.45) is 5.84 Å². The van der Waals surface area contributed by atoms with Gasteiger partial charge in [-0.15, -0.1) is 11.8 Å². The standard InChI is InChI=1S/C15H14F2N2OS/c16-13-6-5-12(8-14(13)17)21-9-11-3-1-10(2-4-11)7-15(20)19-18/h1-6,8H,7,9,18H2,(H,19,20). The zero-order valence-electron chi connectivity index (χ0n) is 11.1. The van der Waals surface area contributed by atoms with Crippen molar-refractivity contribution in [3.05, 3.63) is 65.2 Å². The van der Waals surface area contributed by atoms with Gasteiger partial charge in [-0.1, -0.05) is 24.3 Å². The summed E-state index contributed by atoms with van der Waals surface area (Å²) >= 11 is 1.41. The van der Waals surface area contributed by atoms with Gasteiger partial charge < -0.3 is 0 Å². The third-order valence-electron chi connectivity index (χ3n) is 2.85. The minimum atomic E-state index is -0.845. The Hall–Kier alpha value is -1.92. The van der Waals surface area contributed by atoms with Gasteiger partial charge >= 0.3 is 0 Å². The third kappa shape index (κ3) is 4.54. The molecule has 0 aliphatic rings. The van der Waals surface area contributed by atoms with Gasteiger partial charge in [0.05, 0.1) is 6.42 Å². The molecule has 21 heavy (non-hydrogen) atoms. The second-order valence-corrected chi connectivity index (χ2v) is 5.47.